The number of carbonyl (C=O) groups excluding carboxylic acids is 1. The summed E-state index contributed by atoms with van der Waals surface area (Å²) in [6.07, 6.45) is 0. The Kier molecular flexibility index (Phi) is 4.67. The molecule has 0 aliphatic heterocycles. The lowest BCUT2D eigenvalue weighted by Gasteiger charge is -2.28. The quantitative estimate of drug-likeness (QED) is 0.796. The predicted molar refractivity (Wildman–Crippen MR) is 77.8 cm³/mol. The number of nitrogens with one attached hydrogen (secondary N) is 1. The highest BCUT2D eigenvalue weighted by molar-refractivity contribution is 9.10. The van der Waals surface area contributed by atoms with Crippen LogP contribution < -0.4 is 5.32 Å². The van der Waals surface area contributed by atoms with E-state index in [-0.39, 0.29) is 17.4 Å². The van der Waals surface area contributed by atoms with Gasteiger partial charge in [-0.25, -0.2) is 0 Å². The Balaban J connectivity index is 2.84. The van der Waals surface area contributed by atoms with Gasteiger partial charge in [0.15, 0.2) is 0 Å². The minimum Gasteiger partial charge on any atom is -0.349 e. The van der Waals surface area contributed by atoms with E-state index in [1.165, 1.54) is 0 Å². The lowest BCUT2D eigenvalue weighted by atomic mass is 9.88. The fourth-order valence-corrected chi connectivity index (χ4v) is 2.04. The molecule has 94 valence electrons. The summed E-state index contributed by atoms with van der Waals surface area (Å²) < 4.78 is 0.919. The molecule has 2 nitrogen and oxygen atoms in total. The van der Waals surface area contributed by atoms with Gasteiger partial charge in [-0.3, -0.25) is 4.79 Å². The summed E-state index contributed by atoms with van der Waals surface area (Å²) in [5.41, 5.74) is 0.648. The van der Waals surface area contributed by atoms with Gasteiger partial charge in [-0.15, -0.1) is 12.6 Å². The zero-order valence-corrected chi connectivity index (χ0v) is 13.0. The van der Waals surface area contributed by atoms with E-state index < -0.39 is 0 Å². The number of thiol groups is 1. The Morgan fingerprint density at radius 3 is 2.47 bits per heavy atom. The van der Waals surface area contributed by atoms with E-state index in [1.54, 1.807) is 6.07 Å². The molecule has 1 rings (SSSR count). The van der Waals surface area contributed by atoms with Crippen LogP contribution in [0, 0.1) is 5.41 Å². The highest BCUT2D eigenvalue weighted by Gasteiger charge is 2.22. The van der Waals surface area contributed by atoms with Crippen LogP contribution in [0.4, 0.5) is 0 Å². The Bertz CT molecular complexity index is 426. The van der Waals surface area contributed by atoms with Crippen molar-refractivity contribution in [3.8, 4) is 0 Å². The molecule has 17 heavy (non-hydrogen) atoms. The fourth-order valence-electron chi connectivity index (χ4n) is 1.19. The minimum absolute atomic E-state index is 0.0434. The van der Waals surface area contributed by atoms with Crippen molar-refractivity contribution in [2.45, 2.75) is 38.6 Å². The number of halogens is 1. The predicted octanol–water partition coefficient (Wildman–Crippen LogP) is 3.90. The number of hydrogen-bond donors (Lipinski definition) is 2. The van der Waals surface area contributed by atoms with E-state index in [2.05, 4.69) is 54.6 Å². The minimum atomic E-state index is -0.0788. The SMILES string of the molecule is CC(NC(=O)c1ccc(Br)cc1S)C(C)(C)C. The number of carbonyl (C=O) groups is 1. The second-order valence-electron chi connectivity index (χ2n) is 5.22. The molecule has 1 aromatic carbocycles. The molecule has 4 heteroatoms. The molecule has 1 N–H and O–H groups in total. The van der Waals surface area contributed by atoms with Crippen molar-refractivity contribution in [1.82, 2.24) is 5.32 Å². The van der Waals surface area contributed by atoms with Gasteiger partial charge in [0.2, 0.25) is 0 Å². The van der Waals surface area contributed by atoms with Gasteiger partial charge in [0, 0.05) is 15.4 Å². The maximum absolute atomic E-state index is 12.1. The molecule has 0 aliphatic rings. The van der Waals surface area contributed by atoms with Crippen molar-refractivity contribution in [2.24, 2.45) is 5.41 Å². The van der Waals surface area contributed by atoms with Gasteiger partial charge < -0.3 is 5.32 Å². The van der Waals surface area contributed by atoms with Crippen molar-refractivity contribution < 1.29 is 4.79 Å². The van der Waals surface area contributed by atoms with Crippen molar-refractivity contribution in [2.75, 3.05) is 0 Å². The third kappa shape index (κ3) is 4.03. The molecule has 1 amide bonds. The first-order valence-corrected chi connectivity index (χ1v) is 6.75. The molecular formula is C13H18BrNOS. The maximum Gasteiger partial charge on any atom is 0.252 e. The Morgan fingerprint density at radius 2 is 2.00 bits per heavy atom. The zero-order chi connectivity index (χ0) is 13.2. The molecule has 0 bridgehead atoms. The van der Waals surface area contributed by atoms with Gasteiger partial charge in [0.25, 0.3) is 5.91 Å². The first kappa shape index (κ1) is 14.6. The van der Waals surface area contributed by atoms with E-state index in [1.807, 2.05) is 19.1 Å². The highest BCUT2D eigenvalue weighted by Crippen LogP contribution is 2.22. The van der Waals surface area contributed by atoms with Crippen LogP contribution in [-0.4, -0.2) is 11.9 Å². The Labute approximate surface area is 117 Å². The summed E-state index contributed by atoms with van der Waals surface area (Å²) in [6, 6.07) is 5.54. The molecule has 1 atom stereocenters. The summed E-state index contributed by atoms with van der Waals surface area (Å²) in [4.78, 5) is 12.7. The van der Waals surface area contributed by atoms with Crippen LogP contribution in [0.25, 0.3) is 0 Å². The standard InChI is InChI=1S/C13H18BrNOS/c1-8(13(2,3)4)15-12(16)10-6-5-9(14)7-11(10)17/h5-8,17H,1-4H3,(H,15,16). The van der Waals surface area contributed by atoms with Crippen LogP contribution in [0.1, 0.15) is 38.1 Å². The molecular weight excluding hydrogens is 298 g/mol. The Hall–Kier alpha value is -0.480. The van der Waals surface area contributed by atoms with Crippen LogP contribution in [-0.2, 0) is 0 Å². The molecule has 1 aromatic rings. The van der Waals surface area contributed by atoms with Crippen LogP contribution in [0.15, 0.2) is 27.6 Å². The monoisotopic (exact) mass is 315 g/mol. The molecule has 0 radical (unpaired) electrons. The van der Waals surface area contributed by atoms with Crippen molar-refractivity contribution in [3.63, 3.8) is 0 Å². The Morgan fingerprint density at radius 1 is 1.41 bits per heavy atom. The molecule has 0 aliphatic carbocycles. The third-order valence-corrected chi connectivity index (χ3v) is 3.71. The zero-order valence-electron chi connectivity index (χ0n) is 10.5. The summed E-state index contributed by atoms with van der Waals surface area (Å²) in [6.45, 7) is 8.30. The van der Waals surface area contributed by atoms with Gasteiger partial charge in [-0.2, -0.15) is 0 Å². The van der Waals surface area contributed by atoms with E-state index in [0.717, 1.165) is 4.47 Å². The van der Waals surface area contributed by atoms with E-state index >= 15 is 0 Å². The van der Waals surface area contributed by atoms with Gasteiger partial charge >= 0.3 is 0 Å². The van der Waals surface area contributed by atoms with Crippen molar-refractivity contribution in [1.29, 1.82) is 0 Å². The van der Waals surface area contributed by atoms with Crippen molar-refractivity contribution in [3.05, 3.63) is 28.2 Å². The van der Waals surface area contributed by atoms with Crippen LogP contribution in [0.2, 0.25) is 0 Å². The number of hydrogen-bond acceptors (Lipinski definition) is 2. The number of benzene rings is 1. The lowest BCUT2D eigenvalue weighted by molar-refractivity contribution is 0.0907. The fraction of sp³-hybridized carbons (Fsp3) is 0.462. The normalized spacial score (nSPS) is 13.3. The lowest BCUT2D eigenvalue weighted by Crippen LogP contribution is -2.41. The van der Waals surface area contributed by atoms with Crippen LogP contribution in [0.5, 0.6) is 0 Å². The average molecular weight is 316 g/mol. The second kappa shape index (κ2) is 5.44. The van der Waals surface area contributed by atoms with Gasteiger partial charge in [-0.1, -0.05) is 36.7 Å². The van der Waals surface area contributed by atoms with Crippen LogP contribution >= 0.6 is 28.6 Å². The maximum atomic E-state index is 12.1. The van der Waals surface area contributed by atoms with Gasteiger partial charge in [-0.05, 0) is 30.5 Å². The first-order valence-electron chi connectivity index (χ1n) is 5.51. The molecule has 0 fully saturated rings. The largest absolute Gasteiger partial charge is 0.349 e. The third-order valence-electron chi connectivity index (χ3n) is 2.85. The van der Waals surface area contributed by atoms with Crippen molar-refractivity contribution >= 4 is 34.5 Å². The summed E-state index contributed by atoms with van der Waals surface area (Å²) >= 11 is 7.66. The summed E-state index contributed by atoms with van der Waals surface area (Å²) in [5.74, 6) is -0.0788. The van der Waals surface area contributed by atoms with Gasteiger partial charge in [0.05, 0.1) is 5.56 Å². The molecule has 0 saturated carbocycles. The van der Waals surface area contributed by atoms with E-state index in [9.17, 15) is 4.79 Å². The smallest absolute Gasteiger partial charge is 0.252 e. The molecule has 0 saturated heterocycles. The van der Waals surface area contributed by atoms with Crippen LogP contribution in [0.3, 0.4) is 0 Å². The number of rotatable bonds is 2. The summed E-state index contributed by atoms with van der Waals surface area (Å²) in [7, 11) is 0. The van der Waals surface area contributed by atoms with E-state index in [0.29, 0.717) is 10.5 Å². The highest BCUT2D eigenvalue weighted by atomic mass is 79.9. The topological polar surface area (TPSA) is 29.1 Å². The summed E-state index contributed by atoms with van der Waals surface area (Å²) in [5, 5.41) is 2.99. The first-order chi connectivity index (χ1) is 7.71. The van der Waals surface area contributed by atoms with E-state index in [4.69, 9.17) is 0 Å². The second-order valence-corrected chi connectivity index (χ2v) is 6.62. The molecule has 0 aromatic heterocycles. The number of amides is 1. The van der Waals surface area contributed by atoms with Gasteiger partial charge in [0.1, 0.15) is 0 Å². The molecule has 0 spiro atoms. The molecule has 0 heterocycles. The molecule has 1 unspecified atom stereocenters. The average Bonchev–Trinajstić information content (AvgIpc) is 2.15.